The summed E-state index contributed by atoms with van der Waals surface area (Å²) in [6.07, 6.45) is 1.76. The lowest BCUT2D eigenvalue weighted by atomic mass is 10.1. The summed E-state index contributed by atoms with van der Waals surface area (Å²) in [5, 5.41) is 0. The van der Waals surface area contributed by atoms with Crippen LogP contribution in [0.5, 0.6) is 0 Å². The van der Waals surface area contributed by atoms with Gasteiger partial charge in [0.15, 0.2) is 0 Å². The van der Waals surface area contributed by atoms with E-state index in [0.717, 1.165) is 17.7 Å². The Morgan fingerprint density at radius 1 is 1.53 bits per heavy atom. The van der Waals surface area contributed by atoms with Crippen LogP contribution in [0.1, 0.15) is 18.2 Å². The summed E-state index contributed by atoms with van der Waals surface area (Å²) < 4.78 is 26.7. The van der Waals surface area contributed by atoms with Gasteiger partial charge in [0, 0.05) is 18.0 Å². The van der Waals surface area contributed by atoms with Crippen LogP contribution in [0.4, 0.5) is 0 Å². The largest absolute Gasteiger partial charge is 0.330 e. The lowest BCUT2D eigenvalue weighted by Gasteiger charge is -2.14. The van der Waals surface area contributed by atoms with Gasteiger partial charge in [0.05, 0.1) is 0 Å². The minimum Gasteiger partial charge on any atom is -0.330 e. The smallest absolute Gasteiger partial charge is 0.252 e. The Hall–Kier alpha value is -0.430. The Morgan fingerprint density at radius 2 is 2.29 bits per heavy atom. The molecule has 1 fully saturated rings. The molecule has 17 heavy (non-hydrogen) atoms. The Bertz CT molecular complexity index is 481. The Balaban J connectivity index is 2.19. The molecule has 0 aliphatic carbocycles. The van der Waals surface area contributed by atoms with Gasteiger partial charge in [-0.1, -0.05) is 6.92 Å². The SMILES string of the molecule is CCc1ccc(S(=O)(=O)N2CCC(CN)C2)s1. The summed E-state index contributed by atoms with van der Waals surface area (Å²) in [5.41, 5.74) is 5.58. The van der Waals surface area contributed by atoms with Gasteiger partial charge in [-0.2, -0.15) is 4.31 Å². The molecule has 6 heteroatoms. The summed E-state index contributed by atoms with van der Waals surface area (Å²) >= 11 is 1.37. The number of nitrogens with zero attached hydrogens (tertiary/aromatic N) is 1. The van der Waals surface area contributed by atoms with Crippen LogP contribution in [-0.2, 0) is 16.4 Å². The Morgan fingerprint density at radius 3 is 2.82 bits per heavy atom. The molecule has 0 spiro atoms. The molecule has 1 aromatic heterocycles. The third kappa shape index (κ3) is 2.54. The molecule has 1 saturated heterocycles. The fourth-order valence-electron chi connectivity index (χ4n) is 2.02. The van der Waals surface area contributed by atoms with Gasteiger partial charge >= 0.3 is 0 Å². The van der Waals surface area contributed by atoms with Crippen LogP contribution in [-0.4, -0.2) is 32.4 Å². The molecule has 0 bridgehead atoms. The minimum atomic E-state index is -3.27. The van der Waals surface area contributed by atoms with Crippen LogP contribution in [0, 0.1) is 5.92 Å². The number of thiophene rings is 1. The fourth-order valence-corrected chi connectivity index (χ4v) is 5.00. The molecule has 0 amide bonds. The van der Waals surface area contributed by atoms with Crippen LogP contribution in [0.2, 0.25) is 0 Å². The van der Waals surface area contributed by atoms with Crippen molar-refractivity contribution in [1.29, 1.82) is 0 Å². The molecule has 2 heterocycles. The third-order valence-corrected chi connectivity index (χ3v) is 6.72. The van der Waals surface area contributed by atoms with E-state index >= 15 is 0 Å². The molecule has 1 aromatic rings. The second-order valence-corrected chi connectivity index (χ2v) is 7.66. The maximum absolute atomic E-state index is 12.3. The number of rotatable bonds is 4. The second kappa shape index (κ2) is 5.06. The first-order valence-corrected chi connectivity index (χ1v) is 8.12. The van der Waals surface area contributed by atoms with Gasteiger partial charge in [-0.15, -0.1) is 11.3 Å². The number of hydrogen-bond acceptors (Lipinski definition) is 4. The maximum atomic E-state index is 12.3. The number of sulfonamides is 1. The van der Waals surface area contributed by atoms with Crippen molar-refractivity contribution in [2.45, 2.75) is 24.0 Å². The maximum Gasteiger partial charge on any atom is 0.252 e. The summed E-state index contributed by atoms with van der Waals surface area (Å²) in [6.45, 7) is 3.76. The molecule has 0 saturated carbocycles. The van der Waals surface area contributed by atoms with Gasteiger partial charge in [-0.25, -0.2) is 8.42 Å². The topological polar surface area (TPSA) is 63.4 Å². The summed E-state index contributed by atoms with van der Waals surface area (Å²) in [4.78, 5) is 1.11. The fraction of sp³-hybridized carbons (Fsp3) is 0.636. The Kier molecular flexibility index (Phi) is 3.87. The lowest BCUT2D eigenvalue weighted by Crippen LogP contribution is -2.29. The van der Waals surface area contributed by atoms with E-state index < -0.39 is 10.0 Å². The standard InChI is InChI=1S/C11H18N2O2S2/c1-2-10-3-4-11(16-10)17(14,15)13-6-5-9(7-12)8-13/h3-4,9H,2,5-8,12H2,1H3. The highest BCUT2D eigenvalue weighted by Gasteiger charge is 2.32. The number of aryl methyl sites for hydroxylation is 1. The molecule has 2 rings (SSSR count). The molecule has 0 radical (unpaired) electrons. The van der Waals surface area contributed by atoms with E-state index in [9.17, 15) is 8.42 Å². The molecule has 0 aromatic carbocycles. The van der Waals surface area contributed by atoms with Crippen molar-refractivity contribution in [3.8, 4) is 0 Å². The van der Waals surface area contributed by atoms with E-state index in [-0.39, 0.29) is 0 Å². The molecule has 1 aliphatic heterocycles. The normalized spacial score (nSPS) is 22.1. The van der Waals surface area contributed by atoms with Gasteiger partial charge < -0.3 is 5.73 Å². The first kappa shape index (κ1) is 13.0. The van der Waals surface area contributed by atoms with Crippen molar-refractivity contribution in [3.63, 3.8) is 0 Å². The quantitative estimate of drug-likeness (QED) is 0.899. The first-order chi connectivity index (χ1) is 8.07. The van der Waals surface area contributed by atoms with Crippen molar-refractivity contribution in [1.82, 2.24) is 4.31 Å². The molecular weight excluding hydrogens is 256 g/mol. The average molecular weight is 274 g/mol. The zero-order chi connectivity index (χ0) is 12.5. The van der Waals surface area contributed by atoms with E-state index in [1.165, 1.54) is 11.3 Å². The first-order valence-electron chi connectivity index (χ1n) is 5.87. The Labute approximate surface area is 106 Å². The highest BCUT2D eigenvalue weighted by molar-refractivity contribution is 7.91. The van der Waals surface area contributed by atoms with E-state index in [0.29, 0.717) is 29.8 Å². The van der Waals surface area contributed by atoms with Crippen molar-refractivity contribution in [2.24, 2.45) is 11.7 Å². The summed E-state index contributed by atoms with van der Waals surface area (Å²) in [5.74, 6) is 0.315. The molecule has 1 unspecified atom stereocenters. The highest BCUT2D eigenvalue weighted by Crippen LogP contribution is 2.28. The molecule has 2 N–H and O–H groups in total. The van der Waals surface area contributed by atoms with Crippen LogP contribution < -0.4 is 5.73 Å². The lowest BCUT2D eigenvalue weighted by molar-refractivity contribution is 0.460. The third-order valence-electron chi connectivity index (χ3n) is 3.16. The van der Waals surface area contributed by atoms with Crippen LogP contribution >= 0.6 is 11.3 Å². The second-order valence-electron chi connectivity index (χ2n) is 4.33. The predicted octanol–water partition coefficient (Wildman–Crippen LogP) is 1.28. The van der Waals surface area contributed by atoms with Crippen LogP contribution in [0.15, 0.2) is 16.3 Å². The van der Waals surface area contributed by atoms with Crippen molar-refractivity contribution >= 4 is 21.4 Å². The van der Waals surface area contributed by atoms with E-state index in [1.54, 1.807) is 10.4 Å². The van der Waals surface area contributed by atoms with E-state index in [4.69, 9.17) is 5.73 Å². The van der Waals surface area contributed by atoms with Crippen molar-refractivity contribution in [2.75, 3.05) is 19.6 Å². The van der Waals surface area contributed by atoms with E-state index in [1.807, 2.05) is 13.0 Å². The molecule has 4 nitrogen and oxygen atoms in total. The molecule has 1 aliphatic rings. The van der Waals surface area contributed by atoms with Gasteiger partial charge in [0.1, 0.15) is 4.21 Å². The van der Waals surface area contributed by atoms with Crippen LogP contribution in [0.25, 0.3) is 0 Å². The molecule has 96 valence electrons. The summed E-state index contributed by atoms with van der Waals surface area (Å²) in [7, 11) is -3.27. The van der Waals surface area contributed by atoms with Crippen molar-refractivity contribution in [3.05, 3.63) is 17.0 Å². The van der Waals surface area contributed by atoms with Gasteiger partial charge in [0.2, 0.25) is 0 Å². The highest BCUT2D eigenvalue weighted by atomic mass is 32.2. The number of nitrogens with two attached hydrogens (primary N) is 1. The predicted molar refractivity (Wildman–Crippen MR) is 69.6 cm³/mol. The molecular formula is C11H18N2O2S2. The zero-order valence-corrected chi connectivity index (χ0v) is 11.6. The van der Waals surface area contributed by atoms with Gasteiger partial charge in [-0.05, 0) is 37.4 Å². The van der Waals surface area contributed by atoms with Crippen molar-refractivity contribution < 1.29 is 8.42 Å². The monoisotopic (exact) mass is 274 g/mol. The minimum absolute atomic E-state index is 0.315. The van der Waals surface area contributed by atoms with Gasteiger partial charge in [0.25, 0.3) is 10.0 Å². The van der Waals surface area contributed by atoms with Crippen LogP contribution in [0.3, 0.4) is 0 Å². The average Bonchev–Trinajstić information content (AvgIpc) is 2.98. The number of hydrogen-bond donors (Lipinski definition) is 1. The zero-order valence-electron chi connectivity index (χ0n) is 9.93. The summed E-state index contributed by atoms with van der Waals surface area (Å²) in [6, 6.07) is 3.61. The van der Waals surface area contributed by atoms with Gasteiger partial charge in [-0.3, -0.25) is 0 Å². The molecule has 1 atom stereocenters. The van der Waals surface area contributed by atoms with E-state index in [2.05, 4.69) is 0 Å².